The number of aromatic nitrogens is 2. The van der Waals surface area contributed by atoms with Gasteiger partial charge < -0.3 is 10.1 Å². The van der Waals surface area contributed by atoms with Gasteiger partial charge in [-0.25, -0.2) is 4.68 Å². The average molecular weight is 387 g/mol. The second-order valence-electron chi connectivity index (χ2n) is 7.38. The number of anilines is 1. The summed E-state index contributed by atoms with van der Waals surface area (Å²) in [5.41, 5.74) is 3.65. The SMILES string of the molecule is COc1cccc([C@H]2C3=C(CCCC3=O)Nc3[nH]n(-c4ccccc4)c(=O)c32)c1. The Balaban J connectivity index is 1.75. The molecule has 0 unspecified atom stereocenters. The summed E-state index contributed by atoms with van der Waals surface area (Å²) < 4.78 is 6.93. The van der Waals surface area contributed by atoms with Crippen LogP contribution in [-0.2, 0) is 4.79 Å². The Bertz CT molecular complexity index is 1190. The van der Waals surface area contributed by atoms with Gasteiger partial charge in [0.05, 0.1) is 18.4 Å². The second kappa shape index (κ2) is 6.81. The maximum atomic E-state index is 13.5. The normalized spacial score (nSPS) is 18.1. The number of benzene rings is 2. The molecule has 6 nitrogen and oxygen atoms in total. The Hall–Kier alpha value is -3.54. The maximum absolute atomic E-state index is 13.5. The van der Waals surface area contributed by atoms with E-state index in [0.29, 0.717) is 29.1 Å². The van der Waals surface area contributed by atoms with Gasteiger partial charge in [0.1, 0.15) is 11.6 Å². The molecule has 0 saturated carbocycles. The molecule has 0 fully saturated rings. The molecule has 2 aromatic carbocycles. The Labute approximate surface area is 167 Å². The van der Waals surface area contributed by atoms with E-state index in [9.17, 15) is 9.59 Å². The van der Waals surface area contributed by atoms with Gasteiger partial charge in [-0.3, -0.25) is 14.7 Å². The molecule has 0 spiro atoms. The molecule has 6 heteroatoms. The van der Waals surface area contributed by atoms with Crippen molar-refractivity contribution in [3.05, 3.63) is 87.3 Å². The summed E-state index contributed by atoms with van der Waals surface area (Å²) in [6.07, 6.45) is 2.11. The average Bonchev–Trinajstić information content (AvgIpc) is 3.09. The van der Waals surface area contributed by atoms with Crippen LogP contribution in [0.4, 0.5) is 5.82 Å². The highest BCUT2D eigenvalue weighted by Gasteiger charge is 2.38. The van der Waals surface area contributed by atoms with Crippen molar-refractivity contribution < 1.29 is 9.53 Å². The van der Waals surface area contributed by atoms with Crippen molar-refractivity contribution in [1.82, 2.24) is 9.78 Å². The van der Waals surface area contributed by atoms with Crippen molar-refractivity contribution in [1.29, 1.82) is 0 Å². The third-order valence-electron chi connectivity index (χ3n) is 5.68. The number of rotatable bonds is 3. The first-order chi connectivity index (χ1) is 14.2. The first kappa shape index (κ1) is 17.6. The summed E-state index contributed by atoms with van der Waals surface area (Å²) in [7, 11) is 1.61. The first-order valence-corrected chi connectivity index (χ1v) is 9.75. The Morgan fingerprint density at radius 3 is 2.66 bits per heavy atom. The van der Waals surface area contributed by atoms with Gasteiger partial charge in [0.2, 0.25) is 0 Å². The molecule has 146 valence electrons. The van der Waals surface area contributed by atoms with Crippen LogP contribution >= 0.6 is 0 Å². The number of hydrogen-bond acceptors (Lipinski definition) is 4. The maximum Gasteiger partial charge on any atom is 0.277 e. The molecule has 1 aromatic heterocycles. The van der Waals surface area contributed by atoms with Crippen LogP contribution in [0.25, 0.3) is 5.69 Å². The van der Waals surface area contributed by atoms with Crippen LogP contribution in [0.15, 0.2) is 70.7 Å². The van der Waals surface area contributed by atoms with Crippen LogP contribution in [-0.4, -0.2) is 22.7 Å². The highest BCUT2D eigenvalue weighted by atomic mass is 16.5. The van der Waals surface area contributed by atoms with Gasteiger partial charge in [-0.05, 0) is 42.7 Å². The van der Waals surface area contributed by atoms with Crippen LogP contribution in [0.3, 0.4) is 0 Å². The fourth-order valence-corrected chi connectivity index (χ4v) is 4.35. The first-order valence-electron chi connectivity index (χ1n) is 9.75. The minimum Gasteiger partial charge on any atom is -0.497 e. The zero-order valence-corrected chi connectivity index (χ0v) is 16.1. The topological polar surface area (TPSA) is 76.1 Å². The minimum absolute atomic E-state index is 0.101. The standard InChI is InChI=1S/C23H21N3O3/c1-29-16-10-5-7-14(13-16)19-20-17(11-6-12-18(20)27)24-22-21(19)23(28)26(25-22)15-8-3-2-4-9-15/h2-5,7-10,13,19,24-25H,6,11-12H2,1H3/t19-/m0/s1. The monoisotopic (exact) mass is 387 g/mol. The summed E-state index contributed by atoms with van der Waals surface area (Å²) in [4.78, 5) is 26.4. The van der Waals surface area contributed by atoms with Crippen molar-refractivity contribution in [2.75, 3.05) is 12.4 Å². The Morgan fingerprint density at radius 1 is 1.03 bits per heavy atom. The largest absolute Gasteiger partial charge is 0.497 e. The predicted octanol–water partition coefficient (Wildman–Crippen LogP) is 3.74. The molecule has 0 bridgehead atoms. The number of H-pyrrole nitrogens is 1. The number of carbonyl (C=O) groups excluding carboxylic acids is 1. The van der Waals surface area contributed by atoms with E-state index < -0.39 is 5.92 Å². The molecule has 1 aliphatic heterocycles. The molecule has 2 aliphatic rings. The lowest BCUT2D eigenvalue weighted by atomic mass is 9.77. The molecule has 1 atom stereocenters. The minimum atomic E-state index is -0.419. The van der Waals surface area contributed by atoms with Gasteiger partial charge in [-0.2, -0.15) is 0 Å². The number of methoxy groups -OCH3 is 1. The van der Waals surface area contributed by atoms with Crippen molar-refractivity contribution in [3.63, 3.8) is 0 Å². The van der Waals surface area contributed by atoms with E-state index in [1.807, 2.05) is 54.6 Å². The van der Waals surface area contributed by atoms with Crippen LogP contribution < -0.4 is 15.6 Å². The van der Waals surface area contributed by atoms with E-state index in [-0.39, 0.29) is 11.3 Å². The number of nitrogens with one attached hydrogen (secondary N) is 2. The summed E-state index contributed by atoms with van der Waals surface area (Å²) in [5, 5.41) is 6.55. The molecule has 1 aliphatic carbocycles. The van der Waals surface area contributed by atoms with E-state index in [2.05, 4.69) is 10.4 Å². The molecule has 2 N–H and O–H groups in total. The summed E-state index contributed by atoms with van der Waals surface area (Å²) in [6.45, 7) is 0. The molecule has 0 saturated heterocycles. The van der Waals surface area contributed by atoms with E-state index >= 15 is 0 Å². The van der Waals surface area contributed by atoms with Gasteiger partial charge in [0, 0.05) is 23.6 Å². The number of hydrogen-bond donors (Lipinski definition) is 2. The van der Waals surface area contributed by atoms with Crippen LogP contribution in [0.5, 0.6) is 5.75 Å². The number of nitrogens with zero attached hydrogens (tertiary/aromatic N) is 1. The Kier molecular flexibility index (Phi) is 4.12. The van der Waals surface area contributed by atoms with Gasteiger partial charge in [0.15, 0.2) is 5.78 Å². The fraction of sp³-hybridized carbons (Fsp3) is 0.217. The molecule has 0 radical (unpaired) electrons. The number of Topliss-reactive ketones (excluding diaryl/α,β-unsaturated/α-hetero) is 1. The summed E-state index contributed by atoms with van der Waals surface area (Å²) in [6, 6.07) is 17.1. The predicted molar refractivity (Wildman–Crippen MR) is 111 cm³/mol. The lowest BCUT2D eigenvalue weighted by Crippen LogP contribution is -2.29. The number of aromatic amines is 1. The van der Waals surface area contributed by atoms with Crippen LogP contribution in [0.1, 0.15) is 36.3 Å². The fourth-order valence-electron chi connectivity index (χ4n) is 4.35. The van der Waals surface area contributed by atoms with Crippen molar-refractivity contribution >= 4 is 11.6 Å². The molecular weight excluding hydrogens is 366 g/mol. The van der Waals surface area contributed by atoms with Gasteiger partial charge >= 0.3 is 0 Å². The van der Waals surface area contributed by atoms with E-state index in [1.54, 1.807) is 7.11 Å². The Morgan fingerprint density at radius 2 is 1.86 bits per heavy atom. The zero-order chi connectivity index (χ0) is 20.0. The molecular formula is C23H21N3O3. The van der Waals surface area contributed by atoms with E-state index in [1.165, 1.54) is 4.68 Å². The van der Waals surface area contributed by atoms with Crippen molar-refractivity contribution in [2.45, 2.75) is 25.2 Å². The van der Waals surface area contributed by atoms with E-state index in [4.69, 9.17) is 4.74 Å². The number of fused-ring (bicyclic) bond motifs is 1. The van der Waals surface area contributed by atoms with Gasteiger partial charge in [-0.1, -0.05) is 30.3 Å². The number of para-hydroxylation sites is 1. The second-order valence-corrected chi connectivity index (χ2v) is 7.38. The molecule has 0 amide bonds. The summed E-state index contributed by atoms with van der Waals surface area (Å²) >= 11 is 0. The quantitative estimate of drug-likeness (QED) is 0.718. The molecule has 3 aromatic rings. The van der Waals surface area contributed by atoms with Gasteiger partial charge in [-0.15, -0.1) is 0 Å². The number of ether oxygens (including phenoxy) is 1. The van der Waals surface area contributed by atoms with E-state index in [0.717, 1.165) is 29.8 Å². The highest BCUT2D eigenvalue weighted by Crippen LogP contribution is 2.44. The number of carbonyl (C=O) groups is 1. The molecule has 2 heterocycles. The lowest BCUT2D eigenvalue weighted by molar-refractivity contribution is -0.116. The van der Waals surface area contributed by atoms with Crippen LogP contribution in [0.2, 0.25) is 0 Å². The number of allylic oxidation sites excluding steroid dienone is 2. The van der Waals surface area contributed by atoms with Crippen molar-refractivity contribution in [3.8, 4) is 11.4 Å². The van der Waals surface area contributed by atoms with Gasteiger partial charge in [0.25, 0.3) is 5.56 Å². The molecule has 5 rings (SSSR count). The van der Waals surface area contributed by atoms with Crippen molar-refractivity contribution in [2.24, 2.45) is 0 Å². The highest BCUT2D eigenvalue weighted by molar-refractivity contribution is 6.00. The summed E-state index contributed by atoms with van der Waals surface area (Å²) in [5.74, 6) is 1.04. The lowest BCUT2D eigenvalue weighted by Gasteiger charge is -2.31. The molecule has 29 heavy (non-hydrogen) atoms. The van der Waals surface area contributed by atoms with Crippen LogP contribution in [0, 0.1) is 0 Å². The number of ketones is 1. The zero-order valence-electron chi connectivity index (χ0n) is 16.1. The smallest absolute Gasteiger partial charge is 0.277 e. The third kappa shape index (κ3) is 2.79. The third-order valence-corrected chi connectivity index (χ3v) is 5.68.